The van der Waals surface area contributed by atoms with Gasteiger partial charge in [0.2, 0.25) is 5.91 Å². The maximum Gasteiger partial charge on any atom is 0.229 e. The van der Waals surface area contributed by atoms with Gasteiger partial charge in [0, 0.05) is 24.9 Å². The van der Waals surface area contributed by atoms with Crippen molar-refractivity contribution in [2.45, 2.75) is 26.7 Å². The Hall–Kier alpha value is -3.40. The number of allylic oxidation sites excluding steroid dienone is 3. The van der Waals surface area contributed by atoms with Crippen molar-refractivity contribution in [2.24, 2.45) is 17.3 Å². The predicted molar refractivity (Wildman–Crippen MR) is 119 cm³/mol. The molecule has 2 aromatic heterocycles. The molecule has 0 aliphatic heterocycles. The van der Waals surface area contributed by atoms with Crippen LogP contribution >= 0.6 is 0 Å². The van der Waals surface area contributed by atoms with Gasteiger partial charge in [0.15, 0.2) is 18.3 Å². The van der Waals surface area contributed by atoms with Crippen LogP contribution in [-0.2, 0) is 14.3 Å². The Morgan fingerprint density at radius 1 is 1.21 bits per heavy atom. The third-order valence-corrected chi connectivity index (χ3v) is 6.18. The molecule has 180 valence electrons. The standard InChI is InChI=1S/C24H26F2N4O4/c1-14-21(11-27-15(2)29-14)33-12-24(16-4-6-20(19(26)8-16)34-13-32-3)9-18(24)23(31)30-22-7-5-17(25)10-28-22/h4-7,10-11,16,18H,8-9,12-13H2,1-3H3,(H,28,30,31)/t16?,18-,24+/m0/s1. The Morgan fingerprint density at radius 3 is 2.71 bits per heavy atom. The van der Waals surface area contributed by atoms with Gasteiger partial charge in [-0.3, -0.25) is 4.79 Å². The lowest BCUT2D eigenvalue weighted by Crippen LogP contribution is -2.30. The topological polar surface area (TPSA) is 95.5 Å². The average molecular weight is 472 g/mol. The number of rotatable bonds is 9. The van der Waals surface area contributed by atoms with Gasteiger partial charge in [-0.25, -0.2) is 23.7 Å². The molecular weight excluding hydrogens is 446 g/mol. The SMILES string of the molecule is COCOC1=C(F)CC([C@]2(COc3cnc(C)nc3C)C[C@H]2C(=O)Nc2ccc(F)cn2)C=C1. The Balaban J connectivity index is 1.52. The highest BCUT2D eigenvalue weighted by molar-refractivity contribution is 5.94. The Labute approximate surface area is 196 Å². The largest absolute Gasteiger partial charge is 0.489 e. The van der Waals surface area contributed by atoms with Crippen LogP contribution in [-0.4, -0.2) is 41.4 Å². The quantitative estimate of drug-likeness (QED) is 0.551. The van der Waals surface area contributed by atoms with E-state index in [1.54, 1.807) is 19.2 Å². The highest BCUT2D eigenvalue weighted by Crippen LogP contribution is 2.61. The molecule has 2 aromatic rings. The van der Waals surface area contributed by atoms with Gasteiger partial charge in [0.1, 0.15) is 23.3 Å². The third kappa shape index (κ3) is 5.06. The van der Waals surface area contributed by atoms with E-state index in [9.17, 15) is 13.6 Å². The van der Waals surface area contributed by atoms with Crippen molar-refractivity contribution in [1.29, 1.82) is 0 Å². The van der Waals surface area contributed by atoms with Crippen molar-refractivity contribution < 1.29 is 27.8 Å². The van der Waals surface area contributed by atoms with Gasteiger partial charge in [0.25, 0.3) is 0 Å². The minimum atomic E-state index is -0.651. The number of nitrogens with zero attached hydrogens (tertiary/aromatic N) is 3. The fourth-order valence-corrected chi connectivity index (χ4v) is 4.24. The minimum Gasteiger partial charge on any atom is -0.489 e. The molecule has 34 heavy (non-hydrogen) atoms. The van der Waals surface area contributed by atoms with E-state index in [2.05, 4.69) is 20.3 Å². The number of ether oxygens (including phenoxy) is 3. The first-order valence-corrected chi connectivity index (χ1v) is 10.9. The van der Waals surface area contributed by atoms with Crippen LogP contribution in [0.3, 0.4) is 0 Å². The number of aromatic nitrogens is 3. The zero-order valence-electron chi connectivity index (χ0n) is 19.2. The molecule has 1 N–H and O–H groups in total. The molecule has 1 unspecified atom stereocenters. The Morgan fingerprint density at radius 2 is 2.03 bits per heavy atom. The predicted octanol–water partition coefficient (Wildman–Crippen LogP) is 4.03. The molecule has 0 aromatic carbocycles. The molecule has 1 fully saturated rings. The van der Waals surface area contributed by atoms with E-state index >= 15 is 0 Å². The molecule has 10 heteroatoms. The molecule has 3 atom stereocenters. The summed E-state index contributed by atoms with van der Waals surface area (Å²) in [7, 11) is 1.46. The summed E-state index contributed by atoms with van der Waals surface area (Å²) in [5.41, 5.74) is 0.0301. The fourth-order valence-electron chi connectivity index (χ4n) is 4.24. The van der Waals surface area contributed by atoms with Gasteiger partial charge in [-0.2, -0.15) is 0 Å². The number of pyridine rings is 1. The van der Waals surface area contributed by atoms with Gasteiger partial charge >= 0.3 is 0 Å². The molecule has 2 heterocycles. The molecule has 0 bridgehead atoms. The smallest absolute Gasteiger partial charge is 0.229 e. The number of methoxy groups -OCH3 is 1. The monoisotopic (exact) mass is 472 g/mol. The lowest BCUT2D eigenvalue weighted by atomic mass is 9.81. The number of halogens is 2. The lowest BCUT2D eigenvalue weighted by molar-refractivity contribution is -0.118. The van der Waals surface area contributed by atoms with Crippen molar-refractivity contribution in [3.05, 3.63) is 65.6 Å². The lowest BCUT2D eigenvalue weighted by Gasteiger charge is -2.28. The van der Waals surface area contributed by atoms with Gasteiger partial charge in [0.05, 0.1) is 24.7 Å². The van der Waals surface area contributed by atoms with Crippen molar-refractivity contribution in [1.82, 2.24) is 15.0 Å². The summed E-state index contributed by atoms with van der Waals surface area (Å²) in [6.45, 7) is 3.71. The molecule has 8 nitrogen and oxygen atoms in total. The number of amides is 1. The van der Waals surface area contributed by atoms with Crippen molar-refractivity contribution in [3.8, 4) is 5.75 Å². The summed E-state index contributed by atoms with van der Waals surface area (Å²) in [6.07, 6.45) is 6.60. The van der Waals surface area contributed by atoms with Crippen LogP contribution in [0, 0.1) is 36.9 Å². The van der Waals surface area contributed by atoms with E-state index in [0.29, 0.717) is 23.7 Å². The number of hydrogen-bond donors (Lipinski definition) is 1. The van der Waals surface area contributed by atoms with E-state index in [1.807, 2.05) is 13.0 Å². The Bertz CT molecular complexity index is 1120. The summed E-state index contributed by atoms with van der Waals surface area (Å²) < 4.78 is 44.1. The first-order valence-electron chi connectivity index (χ1n) is 10.9. The van der Waals surface area contributed by atoms with E-state index in [4.69, 9.17) is 14.2 Å². The molecular formula is C24H26F2N4O4. The highest BCUT2D eigenvalue weighted by atomic mass is 19.1. The second-order valence-corrected chi connectivity index (χ2v) is 8.49. The minimum absolute atomic E-state index is 0.0611. The van der Waals surface area contributed by atoms with Crippen LogP contribution in [0.15, 0.2) is 48.3 Å². The van der Waals surface area contributed by atoms with Crippen LogP contribution in [0.25, 0.3) is 0 Å². The third-order valence-electron chi connectivity index (χ3n) is 6.18. The van der Waals surface area contributed by atoms with Crippen molar-refractivity contribution >= 4 is 11.7 Å². The van der Waals surface area contributed by atoms with Crippen LogP contribution in [0.5, 0.6) is 5.75 Å². The van der Waals surface area contributed by atoms with Crippen LogP contribution in [0.1, 0.15) is 24.4 Å². The fraction of sp³-hybridized carbons (Fsp3) is 0.417. The highest BCUT2D eigenvalue weighted by Gasteiger charge is 2.63. The van der Waals surface area contributed by atoms with E-state index in [1.165, 1.54) is 19.2 Å². The zero-order chi connectivity index (χ0) is 24.3. The number of hydrogen-bond acceptors (Lipinski definition) is 7. The van der Waals surface area contributed by atoms with Crippen LogP contribution in [0.4, 0.5) is 14.6 Å². The van der Waals surface area contributed by atoms with Gasteiger partial charge in [-0.05, 0) is 44.4 Å². The molecule has 0 radical (unpaired) electrons. The Kier molecular flexibility index (Phi) is 6.87. The first kappa shape index (κ1) is 23.7. The zero-order valence-corrected chi connectivity index (χ0v) is 19.2. The summed E-state index contributed by atoms with van der Waals surface area (Å²) in [5.74, 6) is -0.434. The molecule has 4 rings (SSSR count). The van der Waals surface area contributed by atoms with Crippen molar-refractivity contribution in [2.75, 3.05) is 25.8 Å². The van der Waals surface area contributed by atoms with E-state index in [0.717, 1.165) is 6.20 Å². The van der Waals surface area contributed by atoms with E-state index < -0.39 is 23.0 Å². The van der Waals surface area contributed by atoms with Gasteiger partial charge < -0.3 is 19.5 Å². The van der Waals surface area contributed by atoms with Gasteiger partial charge in [-0.1, -0.05) is 6.08 Å². The average Bonchev–Trinajstić information content (AvgIpc) is 3.55. The molecule has 2 aliphatic carbocycles. The van der Waals surface area contributed by atoms with Crippen molar-refractivity contribution in [3.63, 3.8) is 0 Å². The summed E-state index contributed by atoms with van der Waals surface area (Å²) in [6, 6.07) is 2.61. The first-order chi connectivity index (χ1) is 16.3. The number of aryl methyl sites for hydroxylation is 2. The molecule has 1 amide bonds. The number of carbonyl (C=O) groups is 1. The number of anilines is 1. The van der Waals surface area contributed by atoms with Gasteiger partial charge in [-0.15, -0.1) is 0 Å². The second kappa shape index (κ2) is 9.84. The number of carbonyl (C=O) groups excluding carboxylic acids is 1. The van der Waals surface area contributed by atoms with Crippen LogP contribution < -0.4 is 10.1 Å². The molecule has 2 aliphatic rings. The second-order valence-electron chi connectivity index (χ2n) is 8.49. The maximum absolute atomic E-state index is 14.8. The van der Waals surface area contributed by atoms with E-state index in [-0.39, 0.29) is 43.2 Å². The molecule has 1 saturated carbocycles. The normalized spacial score (nSPS) is 23.6. The summed E-state index contributed by atoms with van der Waals surface area (Å²) in [4.78, 5) is 25.4. The van der Waals surface area contributed by atoms with Crippen LogP contribution in [0.2, 0.25) is 0 Å². The summed E-state index contributed by atoms with van der Waals surface area (Å²) >= 11 is 0. The number of nitrogens with one attached hydrogen (secondary N) is 1. The molecule has 0 spiro atoms. The molecule has 0 saturated heterocycles. The maximum atomic E-state index is 14.8. The summed E-state index contributed by atoms with van der Waals surface area (Å²) in [5, 5.41) is 2.72.